The first-order valence-electron chi connectivity index (χ1n) is 10.0. The predicted octanol–water partition coefficient (Wildman–Crippen LogP) is 3.91. The van der Waals surface area contributed by atoms with Crippen LogP contribution in [0.25, 0.3) is 11.0 Å². The summed E-state index contributed by atoms with van der Waals surface area (Å²) < 4.78 is 43.2. The number of hydrogen-bond acceptors (Lipinski definition) is 3. The second kappa shape index (κ2) is 10.3. The summed E-state index contributed by atoms with van der Waals surface area (Å²) in [5.41, 5.74) is 3.65. The summed E-state index contributed by atoms with van der Waals surface area (Å²) in [6, 6.07) is 15.1. The molecule has 0 radical (unpaired) electrons. The van der Waals surface area contributed by atoms with Crippen LogP contribution in [0.4, 0.5) is 13.2 Å². The van der Waals surface area contributed by atoms with Crippen molar-refractivity contribution in [3.05, 3.63) is 65.5 Å². The number of fused-ring (bicyclic) bond motifs is 1. The van der Waals surface area contributed by atoms with Crippen LogP contribution in [-0.4, -0.2) is 34.8 Å². The second-order valence-corrected chi connectivity index (χ2v) is 7.05. The highest BCUT2D eigenvalue weighted by atomic mass is 19.4. The molecule has 9 heteroatoms. The van der Waals surface area contributed by atoms with Crippen molar-refractivity contribution in [2.75, 3.05) is 13.2 Å². The van der Waals surface area contributed by atoms with E-state index in [1.807, 2.05) is 54.9 Å². The molecule has 2 N–H and O–H groups in total. The molecule has 0 spiro atoms. The molecular weight excluding hydrogens is 407 g/mol. The van der Waals surface area contributed by atoms with E-state index < -0.39 is 12.8 Å². The van der Waals surface area contributed by atoms with Crippen molar-refractivity contribution in [2.45, 2.75) is 32.8 Å². The number of halogens is 3. The molecule has 0 atom stereocenters. The molecule has 6 nitrogen and oxygen atoms in total. The summed E-state index contributed by atoms with van der Waals surface area (Å²) in [5.74, 6) is 1.56. The zero-order valence-corrected chi connectivity index (χ0v) is 17.5. The molecule has 0 saturated carbocycles. The average Bonchev–Trinajstić information content (AvgIpc) is 3.06. The van der Waals surface area contributed by atoms with Crippen LogP contribution in [0.2, 0.25) is 0 Å². The highest BCUT2D eigenvalue weighted by Crippen LogP contribution is 2.16. The third-order valence-corrected chi connectivity index (χ3v) is 4.62. The van der Waals surface area contributed by atoms with E-state index in [1.54, 1.807) is 12.1 Å². The molecule has 3 aromatic rings. The second-order valence-electron chi connectivity index (χ2n) is 7.05. The molecule has 0 aliphatic carbocycles. The number of imidazole rings is 1. The van der Waals surface area contributed by atoms with E-state index in [9.17, 15) is 13.2 Å². The molecular formula is C22H26F3N5O. The summed E-state index contributed by atoms with van der Waals surface area (Å²) in [4.78, 5) is 9.23. The van der Waals surface area contributed by atoms with Gasteiger partial charge in [-0.3, -0.25) is 0 Å². The number of benzene rings is 2. The fourth-order valence-electron chi connectivity index (χ4n) is 3.05. The third kappa shape index (κ3) is 6.71. The Hall–Kier alpha value is -3.07. The Morgan fingerprint density at radius 3 is 2.45 bits per heavy atom. The maximum atomic E-state index is 12.2. The molecule has 0 aliphatic rings. The van der Waals surface area contributed by atoms with Gasteiger partial charge < -0.3 is 19.9 Å². The first-order chi connectivity index (χ1) is 14.9. The van der Waals surface area contributed by atoms with Gasteiger partial charge in [0.2, 0.25) is 0 Å². The van der Waals surface area contributed by atoms with Crippen LogP contribution < -0.4 is 10.6 Å². The van der Waals surface area contributed by atoms with Gasteiger partial charge in [0.05, 0.1) is 30.7 Å². The van der Waals surface area contributed by atoms with Gasteiger partial charge in [0.15, 0.2) is 5.96 Å². The molecule has 0 unspecified atom stereocenters. The van der Waals surface area contributed by atoms with Gasteiger partial charge in [-0.15, -0.1) is 0 Å². The normalized spacial score (nSPS) is 12.4. The smallest absolute Gasteiger partial charge is 0.367 e. The number of hydrogen-bond donors (Lipinski definition) is 2. The summed E-state index contributed by atoms with van der Waals surface area (Å²) in [6.07, 6.45) is -4.31. The monoisotopic (exact) mass is 433 g/mol. The Kier molecular flexibility index (Phi) is 7.51. The molecule has 2 aromatic carbocycles. The van der Waals surface area contributed by atoms with Crippen molar-refractivity contribution < 1.29 is 17.9 Å². The average molecular weight is 433 g/mol. The van der Waals surface area contributed by atoms with Crippen molar-refractivity contribution in [1.82, 2.24) is 20.2 Å². The van der Waals surface area contributed by atoms with Crippen molar-refractivity contribution in [2.24, 2.45) is 12.0 Å². The van der Waals surface area contributed by atoms with E-state index in [-0.39, 0.29) is 6.61 Å². The Balaban J connectivity index is 1.57. The lowest BCUT2D eigenvalue weighted by Gasteiger charge is -2.11. The number of aliphatic imine (C=N–C) groups is 1. The molecule has 3 rings (SSSR count). The lowest BCUT2D eigenvalue weighted by Crippen LogP contribution is -2.37. The molecule has 0 aliphatic heterocycles. The number of nitrogens with one attached hydrogen (secondary N) is 2. The number of guanidine groups is 1. The highest BCUT2D eigenvalue weighted by Gasteiger charge is 2.27. The van der Waals surface area contributed by atoms with E-state index in [2.05, 4.69) is 25.3 Å². The Bertz CT molecular complexity index is 1010. The van der Waals surface area contributed by atoms with Gasteiger partial charge in [0.1, 0.15) is 12.4 Å². The predicted molar refractivity (Wildman–Crippen MR) is 115 cm³/mol. The Morgan fingerprint density at radius 2 is 1.77 bits per heavy atom. The Morgan fingerprint density at radius 1 is 1.06 bits per heavy atom. The van der Waals surface area contributed by atoms with E-state index in [1.165, 1.54) is 0 Å². The van der Waals surface area contributed by atoms with Gasteiger partial charge in [-0.1, -0.05) is 36.4 Å². The van der Waals surface area contributed by atoms with E-state index in [4.69, 9.17) is 0 Å². The molecule has 1 aromatic heterocycles. The van der Waals surface area contributed by atoms with Crippen molar-refractivity contribution in [3.63, 3.8) is 0 Å². The van der Waals surface area contributed by atoms with Gasteiger partial charge in [-0.05, 0) is 30.2 Å². The minimum atomic E-state index is -4.31. The zero-order chi connectivity index (χ0) is 22.3. The number of nitrogens with zero attached hydrogens (tertiary/aromatic N) is 3. The summed E-state index contributed by atoms with van der Waals surface area (Å²) in [5, 5.41) is 6.50. The minimum Gasteiger partial charge on any atom is -0.367 e. The number of ether oxygens (including phenoxy) is 1. The fraction of sp³-hybridized carbons (Fsp3) is 0.364. The van der Waals surface area contributed by atoms with Gasteiger partial charge >= 0.3 is 6.18 Å². The standard InChI is InChI=1S/C22H26F3N5O/c1-3-26-21(28-13-20-29-18-6-4-5-7-19(18)30(20)2)27-12-16-8-10-17(11-9-16)14-31-15-22(23,24)25/h4-11H,3,12-15H2,1-2H3,(H2,26,27,28). The maximum Gasteiger partial charge on any atom is 0.411 e. The van der Waals surface area contributed by atoms with Crippen molar-refractivity contribution in [3.8, 4) is 0 Å². The van der Waals surface area contributed by atoms with Crippen molar-refractivity contribution in [1.29, 1.82) is 0 Å². The minimum absolute atomic E-state index is 0.0781. The largest absolute Gasteiger partial charge is 0.411 e. The van der Waals surface area contributed by atoms with Crippen LogP contribution in [-0.2, 0) is 31.5 Å². The number of rotatable bonds is 8. The topological polar surface area (TPSA) is 63.5 Å². The molecule has 0 saturated heterocycles. The lowest BCUT2D eigenvalue weighted by atomic mass is 10.1. The highest BCUT2D eigenvalue weighted by molar-refractivity contribution is 5.80. The SMILES string of the molecule is CCNC(=NCc1ccc(COCC(F)(F)F)cc1)NCc1nc2ccccc2n1C. The van der Waals surface area contributed by atoms with Crippen molar-refractivity contribution >= 4 is 17.0 Å². The maximum absolute atomic E-state index is 12.2. The third-order valence-electron chi connectivity index (χ3n) is 4.62. The number of aromatic nitrogens is 2. The first-order valence-corrected chi connectivity index (χ1v) is 10.0. The summed E-state index contributed by atoms with van der Waals surface area (Å²) in [7, 11) is 1.98. The number of aryl methyl sites for hydroxylation is 1. The molecule has 31 heavy (non-hydrogen) atoms. The first kappa shape index (κ1) is 22.6. The zero-order valence-electron chi connectivity index (χ0n) is 17.5. The summed E-state index contributed by atoms with van der Waals surface area (Å²) in [6.45, 7) is 2.33. The van der Waals surface area contributed by atoms with Crippen LogP contribution in [0.1, 0.15) is 23.9 Å². The molecule has 166 valence electrons. The van der Waals surface area contributed by atoms with Gasteiger partial charge in [0.25, 0.3) is 0 Å². The van der Waals surface area contributed by atoms with Gasteiger partial charge in [0, 0.05) is 13.6 Å². The lowest BCUT2D eigenvalue weighted by molar-refractivity contribution is -0.176. The van der Waals surface area contributed by atoms with Crippen LogP contribution in [0, 0.1) is 0 Å². The van der Waals surface area contributed by atoms with Crippen LogP contribution in [0.15, 0.2) is 53.5 Å². The quantitative estimate of drug-likeness (QED) is 0.418. The Labute approximate surface area is 179 Å². The van der Waals surface area contributed by atoms with E-state index >= 15 is 0 Å². The van der Waals surface area contributed by atoms with E-state index in [0.717, 1.165) is 22.4 Å². The van der Waals surface area contributed by atoms with Gasteiger partial charge in [-0.2, -0.15) is 13.2 Å². The fourth-order valence-corrected chi connectivity index (χ4v) is 3.05. The van der Waals surface area contributed by atoms with E-state index in [0.29, 0.717) is 31.2 Å². The summed E-state index contributed by atoms with van der Waals surface area (Å²) >= 11 is 0. The van der Waals surface area contributed by atoms with Crippen LogP contribution in [0.5, 0.6) is 0 Å². The number of para-hydroxylation sites is 2. The molecule has 0 amide bonds. The van der Waals surface area contributed by atoms with Gasteiger partial charge in [-0.25, -0.2) is 9.98 Å². The number of alkyl halides is 3. The molecule has 1 heterocycles. The molecule has 0 bridgehead atoms. The van der Waals surface area contributed by atoms with Crippen LogP contribution in [0.3, 0.4) is 0 Å². The van der Waals surface area contributed by atoms with Crippen LogP contribution >= 0.6 is 0 Å². The molecule has 0 fully saturated rings.